The Morgan fingerprint density at radius 1 is 1.26 bits per heavy atom. The van der Waals surface area contributed by atoms with E-state index in [1.54, 1.807) is 50.8 Å². The number of pyridine rings is 1. The molecule has 2 bridgehead atoms. The van der Waals surface area contributed by atoms with Crippen LogP contribution < -0.4 is 10.2 Å². The first kappa shape index (κ1) is 24.4. The van der Waals surface area contributed by atoms with Gasteiger partial charge in [-0.15, -0.1) is 0 Å². The Morgan fingerprint density at radius 3 is 2.83 bits per heavy atom. The average molecular weight is 498 g/mol. The molecule has 0 aliphatic carbocycles. The van der Waals surface area contributed by atoms with E-state index < -0.39 is 11.7 Å². The van der Waals surface area contributed by atoms with Crippen LogP contribution in [0.5, 0.6) is 0 Å². The molecule has 11 heteroatoms. The van der Waals surface area contributed by atoms with Crippen molar-refractivity contribution in [3.63, 3.8) is 0 Å². The molecule has 0 atom stereocenters. The van der Waals surface area contributed by atoms with Gasteiger partial charge in [-0.25, -0.2) is 9.37 Å². The molecule has 0 fully saturated rings. The van der Waals surface area contributed by atoms with E-state index in [0.717, 1.165) is 5.39 Å². The van der Waals surface area contributed by atoms with E-state index in [-0.39, 0.29) is 17.3 Å². The smallest absolute Gasteiger partial charge is 0.272 e. The van der Waals surface area contributed by atoms with Crippen molar-refractivity contribution < 1.29 is 13.9 Å². The van der Waals surface area contributed by atoms with Crippen molar-refractivity contribution >= 4 is 51.7 Å². The second-order valence-electron chi connectivity index (χ2n) is 7.88. The zero-order chi connectivity index (χ0) is 24.9. The van der Waals surface area contributed by atoms with Crippen LogP contribution in [0, 0.1) is 11.2 Å². The molecule has 1 amide bonds. The molecule has 3 heterocycles. The number of aromatic amines is 1. The number of amides is 1. The fourth-order valence-corrected chi connectivity index (χ4v) is 3.81. The first-order valence-electron chi connectivity index (χ1n) is 10.9. The van der Waals surface area contributed by atoms with Crippen LogP contribution in [0.2, 0.25) is 5.02 Å². The van der Waals surface area contributed by atoms with Crippen molar-refractivity contribution in [2.75, 3.05) is 45.3 Å². The Hall–Kier alpha value is -3.76. The van der Waals surface area contributed by atoms with E-state index in [0.29, 0.717) is 48.0 Å². The van der Waals surface area contributed by atoms with Crippen molar-refractivity contribution in [1.82, 2.24) is 25.4 Å². The largest absolute Gasteiger partial charge is 0.393 e. The normalized spacial score (nSPS) is 18.0. The Labute approximate surface area is 206 Å². The lowest BCUT2D eigenvalue weighted by atomic mass is 10.1. The predicted octanol–water partition coefficient (Wildman–Crippen LogP) is 3.51. The molecule has 0 unspecified atom stereocenters. The number of benzene rings is 1. The Morgan fingerprint density at radius 2 is 2.06 bits per heavy atom. The quantitative estimate of drug-likeness (QED) is 0.499. The summed E-state index contributed by atoms with van der Waals surface area (Å²) < 4.78 is 19.6. The minimum atomic E-state index is -0.504. The fourth-order valence-electron chi connectivity index (χ4n) is 3.63. The molecule has 182 valence electrons. The number of anilines is 2. The molecule has 4 rings (SSSR count). The standard InChI is InChI=1S/C24H25ClFN7O2/c1-28-13-15-3-6-20-17-12-22(29-14-21(17)31-30-20)33(16-4-5-19(26)18(25)11-16)8-10-35-9-7-32(2)24(34)23(15)27/h3-6,11-14,27-28H,7-10H2,1-2H3,(H,30,31)/b6-3+,15-13-,27-23?. The second-order valence-corrected chi connectivity index (χ2v) is 8.29. The van der Waals surface area contributed by atoms with Crippen LogP contribution in [0.15, 0.2) is 48.3 Å². The van der Waals surface area contributed by atoms with E-state index in [9.17, 15) is 9.18 Å². The molecule has 0 saturated heterocycles. The summed E-state index contributed by atoms with van der Waals surface area (Å²) in [6.45, 7) is 1.32. The van der Waals surface area contributed by atoms with Gasteiger partial charge in [-0.05, 0) is 36.4 Å². The first-order chi connectivity index (χ1) is 16.9. The summed E-state index contributed by atoms with van der Waals surface area (Å²) in [6, 6.07) is 6.36. The highest BCUT2D eigenvalue weighted by Crippen LogP contribution is 2.30. The Kier molecular flexibility index (Phi) is 7.42. The summed E-state index contributed by atoms with van der Waals surface area (Å²) in [4.78, 5) is 20.7. The number of ether oxygens (including phenoxy) is 1. The summed E-state index contributed by atoms with van der Waals surface area (Å²) in [5.74, 6) is -0.318. The van der Waals surface area contributed by atoms with Crippen molar-refractivity contribution in [3.8, 4) is 0 Å². The van der Waals surface area contributed by atoms with Crippen LogP contribution in [0.25, 0.3) is 17.0 Å². The summed E-state index contributed by atoms with van der Waals surface area (Å²) in [5.41, 5.74) is 2.25. The van der Waals surface area contributed by atoms with Crippen molar-refractivity contribution in [2.24, 2.45) is 0 Å². The molecule has 0 spiro atoms. The summed E-state index contributed by atoms with van der Waals surface area (Å²) in [7, 11) is 3.33. The average Bonchev–Trinajstić information content (AvgIpc) is 3.26. The van der Waals surface area contributed by atoms with Gasteiger partial charge in [0.25, 0.3) is 5.91 Å². The van der Waals surface area contributed by atoms with Gasteiger partial charge in [0, 0.05) is 50.0 Å². The van der Waals surface area contributed by atoms with E-state index >= 15 is 0 Å². The molecule has 1 aliphatic heterocycles. The van der Waals surface area contributed by atoms with Gasteiger partial charge in [0.2, 0.25) is 0 Å². The number of carbonyl (C=O) groups excluding carboxylic acids is 1. The lowest BCUT2D eigenvalue weighted by Gasteiger charge is -2.25. The van der Waals surface area contributed by atoms with Crippen LogP contribution in [-0.4, -0.2) is 72.1 Å². The van der Waals surface area contributed by atoms with E-state index in [4.69, 9.17) is 21.7 Å². The monoisotopic (exact) mass is 497 g/mol. The number of likely N-dealkylation sites (N-methyl/N-ethyl adjacent to an activating group) is 1. The number of nitrogens with one attached hydrogen (secondary N) is 3. The number of halogens is 2. The van der Waals surface area contributed by atoms with Crippen molar-refractivity contribution in [2.45, 2.75) is 0 Å². The van der Waals surface area contributed by atoms with Crippen LogP contribution in [0.4, 0.5) is 15.9 Å². The lowest BCUT2D eigenvalue weighted by Crippen LogP contribution is -2.36. The van der Waals surface area contributed by atoms with Gasteiger partial charge in [0.05, 0.1) is 35.6 Å². The molecular weight excluding hydrogens is 473 g/mol. The van der Waals surface area contributed by atoms with E-state index in [2.05, 4.69) is 20.5 Å². The number of allylic oxidation sites excluding steroid dienone is 1. The summed E-state index contributed by atoms with van der Waals surface area (Å²) >= 11 is 6.05. The van der Waals surface area contributed by atoms with Gasteiger partial charge >= 0.3 is 0 Å². The molecule has 1 aliphatic rings. The Balaban J connectivity index is 1.80. The molecule has 9 nitrogen and oxygen atoms in total. The number of nitrogens with zero attached hydrogens (tertiary/aromatic N) is 4. The van der Waals surface area contributed by atoms with Gasteiger partial charge in [-0.3, -0.25) is 15.3 Å². The minimum absolute atomic E-state index is 0.00927. The SMILES string of the molecule is CN/C=C1/C=C/c2n[nH]c3cnc(cc23)N(c2ccc(F)c(Cl)c2)CCOCCN(C)C(=O)C1=N. The van der Waals surface area contributed by atoms with Crippen LogP contribution >= 0.6 is 11.6 Å². The Bertz CT molecular complexity index is 1320. The number of aromatic nitrogens is 3. The number of rotatable bonds is 2. The highest BCUT2D eigenvalue weighted by molar-refractivity contribution is 6.44. The summed E-state index contributed by atoms with van der Waals surface area (Å²) in [5, 5.41) is 19.4. The number of hydrogen-bond donors (Lipinski definition) is 3. The highest BCUT2D eigenvalue weighted by atomic mass is 35.5. The molecule has 3 N–H and O–H groups in total. The number of fused-ring (bicyclic) bond motifs is 1. The molecule has 3 aromatic rings. The van der Waals surface area contributed by atoms with Gasteiger partial charge in [-0.2, -0.15) is 5.10 Å². The van der Waals surface area contributed by atoms with Gasteiger partial charge in [0.15, 0.2) is 0 Å². The highest BCUT2D eigenvalue weighted by Gasteiger charge is 2.19. The number of H-pyrrole nitrogens is 1. The fraction of sp³-hybridized carbons (Fsp3) is 0.250. The van der Waals surface area contributed by atoms with Crippen molar-refractivity contribution in [3.05, 3.63) is 64.8 Å². The molecule has 2 aromatic heterocycles. The topological polar surface area (TPSA) is 110 Å². The van der Waals surface area contributed by atoms with Crippen LogP contribution in [-0.2, 0) is 9.53 Å². The lowest BCUT2D eigenvalue weighted by molar-refractivity contribution is -0.123. The molecule has 1 aromatic carbocycles. The molecular formula is C24H25ClFN7O2. The van der Waals surface area contributed by atoms with Crippen LogP contribution in [0.3, 0.4) is 0 Å². The predicted molar refractivity (Wildman–Crippen MR) is 135 cm³/mol. The number of carbonyl (C=O) groups is 1. The third-order valence-corrected chi connectivity index (χ3v) is 5.84. The van der Waals surface area contributed by atoms with E-state index in [1.807, 2.05) is 11.0 Å². The maximum atomic E-state index is 13.8. The van der Waals surface area contributed by atoms with Gasteiger partial charge < -0.3 is 19.9 Å². The molecule has 0 radical (unpaired) electrons. The van der Waals surface area contributed by atoms with E-state index in [1.165, 1.54) is 11.0 Å². The molecule has 35 heavy (non-hydrogen) atoms. The van der Waals surface area contributed by atoms with Gasteiger partial charge in [0.1, 0.15) is 17.3 Å². The maximum Gasteiger partial charge on any atom is 0.272 e. The zero-order valence-corrected chi connectivity index (χ0v) is 20.1. The van der Waals surface area contributed by atoms with Crippen LogP contribution in [0.1, 0.15) is 5.69 Å². The van der Waals surface area contributed by atoms with Crippen molar-refractivity contribution in [1.29, 1.82) is 5.41 Å². The molecule has 0 saturated carbocycles. The summed E-state index contributed by atoms with van der Waals surface area (Å²) in [6.07, 6.45) is 6.66. The third-order valence-electron chi connectivity index (χ3n) is 5.55. The number of hydrogen-bond acceptors (Lipinski definition) is 7. The van der Waals surface area contributed by atoms with Gasteiger partial charge in [-0.1, -0.05) is 11.6 Å². The zero-order valence-electron chi connectivity index (χ0n) is 19.3. The second kappa shape index (κ2) is 10.7. The first-order valence-corrected chi connectivity index (χ1v) is 11.3. The third kappa shape index (κ3) is 5.33. The maximum absolute atomic E-state index is 13.8. The minimum Gasteiger partial charge on any atom is -0.393 e.